The Morgan fingerprint density at radius 2 is 1.39 bits per heavy atom. The Morgan fingerprint density at radius 3 is 1.73 bits per heavy atom. The van der Waals surface area contributed by atoms with Crippen LogP contribution >= 0.6 is 0 Å². The van der Waals surface area contributed by atoms with Gasteiger partial charge < -0.3 is 4.43 Å². The Morgan fingerprint density at radius 1 is 0.939 bits per heavy atom. The summed E-state index contributed by atoms with van der Waals surface area (Å²) < 4.78 is 23.7. The predicted molar refractivity (Wildman–Crippen MR) is 147 cm³/mol. The van der Waals surface area contributed by atoms with Crippen LogP contribution < -0.4 is 15.1 Å². The molecule has 0 heterocycles. The van der Waals surface area contributed by atoms with Crippen LogP contribution in [0.1, 0.15) is 68.2 Å². The SMILES string of the molecule is C=CC[C@](C)(N[S@](=O)C(C)(C)C)[C@@H](CC)O[Si](c1ccccc1)(c1ccccc1)C(C)(C)C. The second-order valence-corrected chi connectivity index (χ2v) is 17.3. The fourth-order valence-corrected chi connectivity index (χ4v) is 10.3. The second-order valence-electron chi connectivity index (χ2n) is 11.1. The van der Waals surface area contributed by atoms with Gasteiger partial charge in [0.1, 0.15) is 0 Å². The molecule has 3 atom stereocenters. The molecule has 2 rings (SSSR count). The maximum Gasteiger partial charge on any atom is 0.261 e. The van der Waals surface area contributed by atoms with Crippen molar-refractivity contribution in [2.75, 3.05) is 0 Å². The summed E-state index contributed by atoms with van der Waals surface area (Å²) in [6, 6.07) is 21.4. The summed E-state index contributed by atoms with van der Waals surface area (Å²) in [5, 5.41) is 2.38. The third-order valence-electron chi connectivity index (χ3n) is 6.27. The summed E-state index contributed by atoms with van der Waals surface area (Å²) in [7, 11) is -3.97. The molecule has 0 saturated carbocycles. The third-order valence-corrected chi connectivity index (χ3v) is 13.1. The van der Waals surface area contributed by atoms with Gasteiger partial charge >= 0.3 is 0 Å². The van der Waals surface area contributed by atoms with Crippen molar-refractivity contribution in [1.82, 2.24) is 4.72 Å². The van der Waals surface area contributed by atoms with Crippen LogP contribution in [0.2, 0.25) is 5.04 Å². The number of benzene rings is 2. The number of rotatable bonds is 10. The summed E-state index contributed by atoms with van der Waals surface area (Å²) in [5.74, 6) is 0. The maximum absolute atomic E-state index is 13.2. The van der Waals surface area contributed by atoms with Crippen molar-refractivity contribution in [3.8, 4) is 0 Å². The average molecular weight is 486 g/mol. The minimum absolute atomic E-state index is 0.124. The van der Waals surface area contributed by atoms with Gasteiger partial charge in [0.2, 0.25) is 0 Å². The molecule has 182 valence electrons. The van der Waals surface area contributed by atoms with Crippen LogP contribution in [-0.2, 0) is 15.4 Å². The molecule has 0 amide bonds. The summed E-state index contributed by atoms with van der Waals surface area (Å²) in [4.78, 5) is 0. The molecule has 0 bridgehead atoms. The van der Waals surface area contributed by atoms with E-state index in [1.165, 1.54) is 10.4 Å². The zero-order valence-corrected chi connectivity index (χ0v) is 23.6. The highest BCUT2D eigenvalue weighted by Crippen LogP contribution is 2.39. The Balaban J connectivity index is 2.71. The van der Waals surface area contributed by atoms with Gasteiger partial charge in [0, 0.05) is 0 Å². The van der Waals surface area contributed by atoms with Crippen molar-refractivity contribution < 1.29 is 8.63 Å². The molecule has 33 heavy (non-hydrogen) atoms. The first-order valence-corrected chi connectivity index (χ1v) is 15.0. The first kappa shape index (κ1) is 27.7. The fourth-order valence-electron chi connectivity index (χ4n) is 4.47. The van der Waals surface area contributed by atoms with Crippen molar-refractivity contribution in [3.05, 3.63) is 73.3 Å². The van der Waals surface area contributed by atoms with Gasteiger partial charge in [-0.15, -0.1) is 6.58 Å². The normalized spacial score (nSPS) is 16.6. The van der Waals surface area contributed by atoms with Crippen LogP contribution in [0.4, 0.5) is 0 Å². The van der Waals surface area contributed by atoms with Crippen molar-refractivity contribution in [2.24, 2.45) is 0 Å². The van der Waals surface area contributed by atoms with Crippen LogP contribution in [0.15, 0.2) is 73.3 Å². The molecule has 0 aliphatic rings. The van der Waals surface area contributed by atoms with Gasteiger partial charge in [-0.05, 0) is 55.9 Å². The van der Waals surface area contributed by atoms with Gasteiger partial charge in [-0.25, -0.2) is 8.93 Å². The lowest BCUT2D eigenvalue weighted by atomic mass is 9.90. The second kappa shape index (κ2) is 10.8. The summed E-state index contributed by atoms with van der Waals surface area (Å²) in [5.41, 5.74) is -0.526. The molecule has 0 unspecified atom stereocenters. The van der Waals surface area contributed by atoms with E-state index in [0.717, 1.165) is 6.42 Å². The van der Waals surface area contributed by atoms with Gasteiger partial charge in [-0.2, -0.15) is 0 Å². The number of hydrogen-bond donors (Lipinski definition) is 1. The summed E-state index contributed by atoms with van der Waals surface area (Å²) in [6.45, 7) is 21.1. The lowest BCUT2D eigenvalue weighted by molar-refractivity contribution is 0.0958. The van der Waals surface area contributed by atoms with E-state index >= 15 is 0 Å². The van der Waals surface area contributed by atoms with E-state index in [9.17, 15) is 4.21 Å². The molecule has 0 aromatic heterocycles. The Bertz CT molecular complexity index is 879. The molecule has 0 spiro atoms. The fraction of sp³-hybridized carbons (Fsp3) is 0.500. The van der Waals surface area contributed by atoms with Crippen molar-refractivity contribution in [3.63, 3.8) is 0 Å². The lowest BCUT2D eigenvalue weighted by Crippen LogP contribution is -2.70. The van der Waals surface area contributed by atoms with E-state index in [0.29, 0.717) is 6.42 Å². The quantitative estimate of drug-likeness (QED) is 0.345. The summed E-state index contributed by atoms with van der Waals surface area (Å²) in [6.07, 6.45) is 3.20. The van der Waals surface area contributed by atoms with Crippen molar-refractivity contribution in [1.29, 1.82) is 0 Å². The van der Waals surface area contributed by atoms with E-state index in [1.54, 1.807) is 0 Å². The molecule has 0 aliphatic carbocycles. The van der Waals surface area contributed by atoms with E-state index in [2.05, 4.69) is 107 Å². The number of nitrogens with one attached hydrogen (secondary N) is 1. The number of hydrogen-bond acceptors (Lipinski definition) is 2. The van der Waals surface area contributed by atoms with E-state index in [1.807, 2.05) is 26.8 Å². The maximum atomic E-state index is 13.2. The molecule has 2 aromatic rings. The van der Waals surface area contributed by atoms with Gasteiger partial charge in [-0.3, -0.25) is 0 Å². The molecule has 0 aliphatic heterocycles. The predicted octanol–water partition coefficient (Wildman–Crippen LogP) is 5.73. The van der Waals surface area contributed by atoms with E-state index < -0.39 is 24.8 Å². The minimum atomic E-state index is -2.74. The molecule has 3 nitrogen and oxygen atoms in total. The summed E-state index contributed by atoms with van der Waals surface area (Å²) >= 11 is 0. The van der Waals surface area contributed by atoms with Crippen LogP contribution in [-0.4, -0.2) is 28.9 Å². The largest absolute Gasteiger partial charge is 0.403 e. The first-order valence-electron chi connectivity index (χ1n) is 11.9. The highest BCUT2D eigenvalue weighted by molar-refractivity contribution is 7.84. The standard InChI is InChI=1S/C28H43NO2SSi/c1-10-22-28(9,29-32(30)26(3,4)5)25(11-2)31-33(27(6,7)8,23-18-14-12-15-19-23)24-20-16-13-17-21-24/h10,12-21,25,29H,1,11,22H2,2-9H3/t25-,28+,32-/m1/s1. The monoisotopic (exact) mass is 485 g/mol. The lowest BCUT2D eigenvalue weighted by Gasteiger charge is -2.49. The van der Waals surface area contributed by atoms with E-state index in [4.69, 9.17) is 4.43 Å². The van der Waals surface area contributed by atoms with Gasteiger partial charge in [-0.1, -0.05) is 94.4 Å². The Kier molecular flexibility index (Phi) is 9.08. The van der Waals surface area contributed by atoms with Gasteiger partial charge in [0.15, 0.2) is 0 Å². The minimum Gasteiger partial charge on any atom is -0.403 e. The van der Waals surface area contributed by atoms with E-state index in [-0.39, 0.29) is 15.9 Å². The molecular formula is C28H43NO2SSi. The average Bonchev–Trinajstić information content (AvgIpc) is 2.74. The Labute approximate surface area is 205 Å². The molecular weight excluding hydrogens is 442 g/mol. The third kappa shape index (κ3) is 6.13. The zero-order chi connectivity index (χ0) is 24.9. The highest BCUT2D eigenvalue weighted by Gasteiger charge is 2.53. The molecule has 2 aromatic carbocycles. The van der Waals surface area contributed by atoms with Gasteiger partial charge in [0.05, 0.1) is 27.4 Å². The van der Waals surface area contributed by atoms with Crippen molar-refractivity contribution in [2.45, 2.75) is 89.7 Å². The highest BCUT2D eigenvalue weighted by atomic mass is 32.2. The smallest absolute Gasteiger partial charge is 0.261 e. The van der Waals surface area contributed by atoms with Crippen LogP contribution in [0.3, 0.4) is 0 Å². The zero-order valence-electron chi connectivity index (χ0n) is 21.8. The van der Waals surface area contributed by atoms with Gasteiger partial charge in [0.25, 0.3) is 8.32 Å². The van der Waals surface area contributed by atoms with Crippen LogP contribution in [0.25, 0.3) is 0 Å². The molecule has 0 fully saturated rings. The Hall–Kier alpha value is -1.53. The van der Waals surface area contributed by atoms with Crippen LogP contribution in [0.5, 0.6) is 0 Å². The van der Waals surface area contributed by atoms with Crippen LogP contribution in [0, 0.1) is 0 Å². The first-order chi connectivity index (χ1) is 15.3. The molecule has 0 radical (unpaired) electrons. The molecule has 1 N–H and O–H groups in total. The topological polar surface area (TPSA) is 38.3 Å². The molecule has 0 saturated heterocycles. The molecule has 5 heteroatoms. The van der Waals surface area contributed by atoms with Crippen molar-refractivity contribution >= 4 is 29.7 Å².